The Morgan fingerprint density at radius 2 is 2.23 bits per heavy atom. The third-order valence-corrected chi connectivity index (χ3v) is 2.55. The molecule has 0 aliphatic rings. The topological polar surface area (TPSA) is 49.9 Å². The zero-order chi connectivity index (χ0) is 9.84. The Bertz CT molecular complexity index is 321. The van der Waals surface area contributed by atoms with Crippen LogP contribution in [0.3, 0.4) is 0 Å². The van der Waals surface area contributed by atoms with E-state index in [0.29, 0.717) is 0 Å². The van der Waals surface area contributed by atoms with Gasteiger partial charge >= 0.3 is 0 Å². The fourth-order valence-electron chi connectivity index (χ4n) is 1.18. The number of hydrogen-bond donors (Lipinski definition) is 2. The molecule has 0 atom stereocenters. The standard InChI is InChI=1S/C10H14N2S/c1-7-5-8(10(11)12)3-4-9(7)6-13-2/h3-5H,6H2,1-2H3,(H3,11,12). The molecular formula is C10H14N2S. The van der Waals surface area contributed by atoms with Crippen molar-refractivity contribution in [2.75, 3.05) is 6.26 Å². The number of nitrogens with two attached hydrogens (primary N) is 1. The number of aryl methyl sites for hydroxylation is 1. The van der Waals surface area contributed by atoms with Gasteiger partial charge in [-0.3, -0.25) is 5.41 Å². The maximum atomic E-state index is 7.28. The SMILES string of the molecule is CSCc1ccc(C(=N)N)cc1C. The van der Waals surface area contributed by atoms with Crippen molar-refractivity contribution >= 4 is 17.6 Å². The van der Waals surface area contributed by atoms with Crippen LogP contribution in [0.15, 0.2) is 18.2 Å². The fraction of sp³-hybridized carbons (Fsp3) is 0.300. The van der Waals surface area contributed by atoms with Crippen LogP contribution >= 0.6 is 11.8 Å². The molecule has 2 nitrogen and oxygen atoms in total. The van der Waals surface area contributed by atoms with E-state index in [2.05, 4.69) is 13.2 Å². The van der Waals surface area contributed by atoms with Crippen LogP contribution in [0.5, 0.6) is 0 Å². The lowest BCUT2D eigenvalue weighted by Gasteiger charge is -2.05. The first-order valence-electron chi connectivity index (χ1n) is 4.08. The van der Waals surface area contributed by atoms with E-state index in [1.165, 1.54) is 11.1 Å². The maximum absolute atomic E-state index is 7.28. The van der Waals surface area contributed by atoms with Gasteiger partial charge in [-0.2, -0.15) is 11.8 Å². The van der Waals surface area contributed by atoms with Gasteiger partial charge in [0, 0.05) is 11.3 Å². The lowest BCUT2D eigenvalue weighted by molar-refractivity contribution is 1.29. The minimum atomic E-state index is 0.138. The van der Waals surface area contributed by atoms with Crippen molar-refractivity contribution in [1.29, 1.82) is 5.41 Å². The average Bonchev–Trinajstić information content (AvgIpc) is 2.08. The van der Waals surface area contributed by atoms with Gasteiger partial charge in [-0.15, -0.1) is 0 Å². The van der Waals surface area contributed by atoms with E-state index in [4.69, 9.17) is 11.1 Å². The van der Waals surface area contributed by atoms with Crippen molar-refractivity contribution in [2.45, 2.75) is 12.7 Å². The Balaban J connectivity index is 2.98. The molecule has 0 saturated heterocycles. The summed E-state index contributed by atoms with van der Waals surface area (Å²) in [6, 6.07) is 5.91. The molecule has 0 heterocycles. The highest BCUT2D eigenvalue weighted by Gasteiger charge is 2.00. The summed E-state index contributed by atoms with van der Waals surface area (Å²) in [5.41, 5.74) is 8.72. The van der Waals surface area contributed by atoms with Crippen molar-refractivity contribution in [3.8, 4) is 0 Å². The van der Waals surface area contributed by atoms with E-state index < -0.39 is 0 Å². The van der Waals surface area contributed by atoms with E-state index in [0.717, 1.165) is 11.3 Å². The van der Waals surface area contributed by atoms with Crippen LogP contribution in [-0.4, -0.2) is 12.1 Å². The Kier molecular flexibility index (Phi) is 3.37. The summed E-state index contributed by atoms with van der Waals surface area (Å²) < 4.78 is 0. The molecule has 0 aliphatic heterocycles. The van der Waals surface area contributed by atoms with Gasteiger partial charge in [-0.1, -0.05) is 12.1 Å². The van der Waals surface area contributed by atoms with Crippen LogP contribution in [0, 0.1) is 12.3 Å². The Hall–Kier alpha value is -0.960. The van der Waals surface area contributed by atoms with E-state index in [1.807, 2.05) is 18.2 Å². The molecule has 3 heteroatoms. The molecule has 0 radical (unpaired) electrons. The quantitative estimate of drug-likeness (QED) is 0.572. The summed E-state index contributed by atoms with van der Waals surface area (Å²) in [5.74, 6) is 1.16. The number of nitrogen functional groups attached to an aromatic ring is 1. The van der Waals surface area contributed by atoms with Gasteiger partial charge in [0.2, 0.25) is 0 Å². The molecule has 70 valence electrons. The Labute approximate surface area is 83.0 Å². The first-order chi connectivity index (χ1) is 6.15. The van der Waals surface area contributed by atoms with Crippen molar-refractivity contribution < 1.29 is 0 Å². The molecule has 0 bridgehead atoms. The normalized spacial score (nSPS) is 10.0. The van der Waals surface area contributed by atoms with Gasteiger partial charge < -0.3 is 5.73 Å². The largest absolute Gasteiger partial charge is 0.384 e. The van der Waals surface area contributed by atoms with Crippen molar-refractivity contribution in [1.82, 2.24) is 0 Å². The second-order valence-corrected chi connectivity index (χ2v) is 3.85. The van der Waals surface area contributed by atoms with Gasteiger partial charge in [0.1, 0.15) is 5.84 Å². The highest BCUT2D eigenvalue weighted by Crippen LogP contribution is 2.15. The maximum Gasteiger partial charge on any atom is 0.122 e. The van der Waals surface area contributed by atoms with Crippen LogP contribution in [0.1, 0.15) is 16.7 Å². The molecule has 3 N–H and O–H groups in total. The molecule has 0 aromatic heterocycles. The lowest BCUT2D eigenvalue weighted by Crippen LogP contribution is -2.11. The molecule has 0 unspecified atom stereocenters. The van der Waals surface area contributed by atoms with Crippen molar-refractivity contribution in [3.05, 3.63) is 34.9 Å². The molecule has 0 spiro atoms. The molecule has 0 saturated carbocycles. The smallest absolute Gasteiger partial charge is 0.122 e. The number of nitrogens with one attached hydrogen (secondary N) is 1. The molecule has 1 rings (SSSR count). The third-order valence-electron chi connectivity index (χ3n) is 1.95. The number of amidine groups is 1. The summed E-state index contributed by atoms with van der Waals surface area (Å²) in [5, 5.41) is 7.28. The second kappa shape index (κ2) is 4.33. The van der Waals surface area contributed by atoms with Gasteiger partial charge in [-0.25, -0.2) is 0 Å². The zero-order valence-corrected chi connectivity index (χ0v) is 8.74. The Morgan fingerprint density at radius 3 is 2.69 bits per heavy atom. The zero-order valence-electron chi connectivity index (χ0n) is 7.92. The first kappa shape index (κ1) is 10.1. The van der Waals surface area contributed by atoms with Crippen molar-refractivity contribution in [3.63, 3.8) is 0 Å². The molecule has 0 aliphatic carbocycles. The lowest BCUT2D eigenvalue weighted by atomic mass is 10.1. The van der Waals surface area contributed by atoms with E-state index >= 15 is 0 Å². The molecule has 13 heavy (non-hydrogen) atoms. The van der Waals surface area contributed by atoms with Gasteiger partial charge in [-0.05, 0) is 30.4 Å². The molecule has 1 aromatic carbocycles. The molecule has 1 aromatic rings. The predicted molar refractivity (Wildman–Crippen MR) is 59.4 cm³/mol. The molecule has 0 fully saturated rings. The van der Waals surface area contributed by atoms with Crippen molar-refractivity contribution in [2.24, 2.45) is 5.73 Å². The minimum absolute atomic E-state index is 0.138. The summed E-state index contributed by atoms with van der Waals surface area (Å²) in [4.78, 5) is 0. The van der Waals surface area contributed by atoms with Crippen LogP contribution in [-0.2, 0) is 5.75 Å². The van der Waals surface area contributed by atoms with E-state index in [-0.39, 0.29) is 5.84 Å². The van der Waals surface area contributed by atoms with E-state index in [1.54, 1.807) is 11.8 Å². The van der Waals surface area contributed by atoms with Crippen LogP contribution in [0.25, 0.3) is 0 Å². The highest BCUT2D eigenvalue weighted by molar-refractivity contribution is 7.97. The van der Waals surface area contributed by atoms with Gasteiger partial charge in [0.25, 0.3) is 0 Å². The molecule has 0 amide bonds. The van der Waals surface area contributed by atoms with E-state index in [9.17, 15) is 0 Å². The predicted octanol–water partition coefficient (Wildman–Crippen LogP) is 2.14. The number of thioether (sulfide) groups is 1. The average molecular weight is 194 g/mol. The number of rotatable bonds is 3. The number of benzene rings is 1. The van der Waals surface area contributed by atoms with Gasteiger partial charge in [0.05, 0.1) is 0 Å². The van der Waals surface area contributed by atoms with Gasteiger partial charge in [0.15, 0.2) is 0 Å². The van der Waals surface area contributed by atoms with Crippen LogP contribution < -0.4 is 5.73 Å². The summed E-state index contributed by atoms with van der Waals surface area (Å²) in [6.07, 6.45) is 2.08. The first-order valence-corrected chi connectivity index (χ1v) is 5.47. The minimum Gasteiger partial charge on any atom is -0.384 e. The fourth-order valence-corrected chi connectivity index (χ4v) is 1.82. The third kappa shape index (κ3) is 2.49. The Morgan fingerprint density at radius 1 is 1.54 bits per heavy atom. The summed E-state index contributed by atoms with van der Waals surface area (Å²) in [6.45, 7) is 2.05. The van der Waals surface area contributed by atoms with Crippen LogP contribution in [0.4, 0.5) is 0 Å². The monoisotopic (exact) mass is 194 g/mol. The molecular weight excluding hydrogens is 180 g/mol. The summed E-state index contributed by atoms with van der Waals surface area (Å²) >= 11 is 1.80. The number of hydrogen-bond acceptors (Lipinski definition) is 2. The highest BCUT2D eigenvalue weighted by atomic mass is 32.2. The summed E-state index contributed by atoms with van der Waals surface area (Å²) in [7, 11) is 0. The van der Waals surface area contributed by atoms with Crippen LogP contribution in [0.2, 0.25) is 0 Å². The second-order valence-electron chi connectivity index (χ2n) is 2.99.